The van der Waals surface area contributed by atoms with E-state index in [2.05, 4.69) is 36.1 Å². The standard InChI is InChI=1S/C15H21N7O.2ClH/c23-15-8-13(10-17-18-15)21-5-3-20(4-6-21)11-12-7-14-9-16-1-2-22(14)19-12;;/h7-8,10,16H,1-6,9,11H2,(H,18,23);2*1H. The lowest BCUT2D eigenvalue weighted by atomic mass is 10.2. The van der Waals surface area contributed by atoms with Gasteiger partial charge in [-0.3, -0.25) is 14.4 Å². The van der Waals surface area contributed by atoms with Crippen molar-refractivity contribution in [2.45, 2.75) is 19.6 Å². The highest BCUT2D eigenvalue weighted by molar-refractivity contribution is 5.85. The van der Waals surface area contributed by atoms with Crippen LogP contribution >= 0.6 is 24.8 Å². The number of nitrogens with zero attached hydrogens (tertiary/aromatic N) is 5. The van der Waals surface area contributed by atoms with E-state index in [0.29, 0.717) is 0 Å². The van der Waals surface area contributed by atoms with Gasteiger partial charge >= 0.3 is 0 Å². The highest BCUT2D eigenvalue weighted by atomic mass is 35.5. The lowest BCUT2D eigenvalue weighted by Crippen LogP contribution is -2.46. The molecule has 2 N–H and O–H groups in total. The third kappa shape index (κ3) is 4.52. The van der Waals surface area contributed by atoms with E-state index < -0.39 is 0 Å². The topological polar surface area (TPSA) is 82.1 Å². The molecule has 2 aliphatic rings. The summed E-state index contributed by atoms with van der Waals surface area (Å²) >= 11 is 0. The van der Waals surface area contributed by atoms with Crippen LogP contribution in [0.3, 0.4) is 0 Å². The summed E-state index contributed by atoms with van der Waals surface area (Å²) in [5.41, 5.74) is 3.17. The number of aromatic nitrogens is 4. The van der Waals surface area contributed by atoms with E-state index in [-0.39, 0.29) is 30.4 Å². The van der Waals surface area contributed by atoms with Crippen molar-refractivity contribution in [1.29, 1.82) is 0 Å². The molecule has 0 radical (unpaired) electrons. The first-order valence-electron chi connectivity index (χ1n) is 8.06. The van der Waals surface area contributed by atoms with Crippen LogP contribution in [0, 0.1) is 0 Å². The van der Waals surface area contributed by atoms with Crippen LogP contribution in [-0.2, 0) is 19.6 Å². The number of nitrogens with one attached hydrogen (secondary N) is 2. The Morgan fingerprint density at radius 2 is 1.88 bits per heavy atom. The number of hydrogen-bond donors (Lipinski definition) is 2. The molecule has 0 unspecified atom stereocenters. The van der Waals surface area contributed by atoms with Gasteiger partial charge in [-0.15, -0.1) is 24.8 Å². The molecule has 0 saturated carbocycles. The summed E-state index contributed by atoms with van der Waals surface area (Å²) < 4.78 is 2.12. The molecule has 0 atom stereocenters. The van der Waals surface area contributed by atoms with Gasteiger partial charge in [-0.05, 0) is 6.07 Å². The Bertz CT molecular complexity index is 716. The van der Waals surface area contributed by atoms with Gasteiger partial charge in [0.25, 0.3) is 5.56 Å². The van der Waals surface area contributed by atoms with Gasteiger partial charge in [0.05, 0.1) is 29.8 Å². The van der Waals surface area contributed by atoms with Gasteiger partial charge in [0.2, 0.25) is 0 Å². The van der Waals surface area contributed by atoms with Gasteiger partial charge in [-0.1, -0.05) is 0 Å². The molecule has 4 heterocycles. The predicted molar refractivity (Wildman–Crippen MR) is 101 cm³/mol. The Hall–Kier alpha value is -1.61. The van der Waals surface area contributed by atoms with E-state index in [1.807, 2.05) is 0 Å². The Labute approximate surface area is 158 Å². The van der Waals surface area contributed by atoms with E-state index >= 15 is 0 Å². The lowest BCUT2D eigenvalue weighted by Gasteiger charge is -2.35. The van der Waals surface area contributed by atoms with Gasteiger partial charge in [0.15, 0.2) is 0 Å². The summed E-state index contributed by atoms with van der Waals surface area (Å²) in [5, 5.41) is 14.4. The third-order valence-corrected chi connectivity index (χ3v) is 4.49. The van der Waals surface area contributed by atoms with Crippen molar-refractivity contribution in [3.05, 3.63) is 40.1 Å². The van der Waals surface area contributed by atoms with Crippen molar-refractivity contribution in [2.75, 3.05) is 37.6 Å². The fourth-order valence-electron chi connectivity index (χ4n) is 3.26. The van der Waals surface area contributed by atoms with Crippen LogP contribution < -0.4 is 15.8 Å². The molecule has 2 aliphatic heterocycles. The van der Waals surface area contributed by atoms with Crippen LogP contribution in [0.2, 0.25) is 0 Å². The summed E-state index contributed by atoms with van der Waals surface area (Å²) in [5.74, 6) is 0. The Balaban J connectivity index is 0.00000113. The number of H-pyrrole nitrogens is 1. The summed E-state index contributed by atoms with van der Waals surface area (Å²) in [6.45, 7) is 7.49. The first-order chi connectivity index (χ1) is 11.3. The molecule has 2 aromatic rings. The summed E-state index contributed by atoms with van der Waals surface area (Å²) in [7, 11) is 0. The monoisotopic (exact) mass is 387 g/mol. The number of anilines is 1. The zero-order valence-corrected chi connectivity index (χ0v) is 15.5. The molecule has 0 aliphatic carbocycles. The first-order valence-corrected chi connectivity index (χ1v) is 8.06. The summed E-state index contributed by atoms with van der Waals surface area (Å²) in [4.78, 5) is 16.0. The molecular formula is C15H23Cl2N7O. The molecule has 1 fully saturated rings. The maximum Gasteiger partial charge on any atom is 0.266 e. The molecule has 0 amide bonds. The molecule has 8 nitrogen and oxygen atoms in total. The van der Waals surface area contributed by atoms with E-state index in [1.54, 1.807) is 12.3 Å². The van der Waals surface area contributed by atoms with Crippen molar-refractivity contribution in [1.82, 2.24) is 30.2 Å². The minimum Gasteiger partial charge on any atom is -0.368 e. The molecular weight excluding hydrogens is 365 g/mol. The number of aromatic amines is 1. The van der Waals surface area contributed by atoms with Gasteiger partial charge in [0, 0.05) is 51.9 Å². The Morgan fingerprint density at radius 1 is 1.08 bits per heavy atom. The van der Waals surface area contributed by atoms with Gasteiger partial charge in [0.1, 0.15) is 0 Å². The maximum absolute atomic E-state index is 11.4. The molecule has 0 spiro atoms. The molecule has 0 aromatic carbocycles. The largest absolute Gasteiger partial charge is 0.368 e. The molecule has 2 aromatic heterocycles. The van der Waals surface area contributed by atoms with E-state index in [0.717, 1.165) is 63.7 Å². The summed E-state index contributed by atoms with van der Waals surface area (Å²) in [6.07, 6.45) is 1.72. The zero-order valence-electron chi connectivity index (χ0n) is 13.8. The number of halogens is 2. The van der Waals surface area contributed by atoms with Gasteiger partial charge in [-0.2, -0.15) is 10.2 Å². The van der Waals surface area contributed by atoms with Crippen LogP contribution in [0.1, 0.15) is 11.4 Å². The normalized spacial score (nSPS) is 17.4. The number of fused-ring (bicyclic) bond motifs is 1. The smallest absolute Gasteiger partial charge is 0.266 e. The fourth-order valence-corrected chi connectivity index (χ4v) is 3.26. The minimum absolute atomic E-state index is 0. The molecule has 25 heavy (non-hydrogen) atoms. The van der Waals surface area contributed by atoms with E-state index in [9.17, 15) is 4.79 Å². The molecule has 138 valence electrons. The Morgan fingerprint density at radius 3 is 2.60 bits per heavy atom. The summed E-state index contributed by atoms with van der Waals surface area (Å²) in [6, 6.07) is 3.82. The van der Waals surface area contributed by atoms with Crippen molar-refractivity contribution in [2.24, 2.45) is 0 Å². The van der Waals surface area contributed by atoms with Gasteiger partial charge in [-0.25, -0.2) is 5.10 Å². The van der Waals surface area contributed by atoms with Crippen LogP contribution in [-0.4, -0.2) is 57.6 Å². The van der Waals surface area contributed by atoms with Crippen LogP contribution in [0.4, 0.5) is 5.69 Å². The first kappa shape index (κ1) is 19.7. The molecule has 1 saturated heterocycles. The number of rotatable bonds is 3. The maximum atomic E-state index is 11.4. The predicted octanol–water partition coefficient (Wildman–Crippen LogP) is 0.235. The van der Waals surface area contributed by atoms with Crippen molar-refractivity contribution in [3.8, 4) is 0 Å². The van der Waals surface area contributed by atoms with E-state index in [4.69, 9.17) is 5.10 Å². The quantitative estimate of drug-likeness (QED) is 0.784. The molecule has 10 heteroatoms. The van der Waals surface area contributed by atoms with Crippen LogP contribution in [0.15, 0.2) is 23.1 Å². The van der Waals surface area contributed by atoms with Crippen LogP contribution in [0.5, 0.6) is 0 Å². The average Bonchev–Trinajstić information content (AvgIpc) is 2.98. The van der Waals surface area contributed by atoms with Gasteiger partial charge < -0.3 is 10.2 Å². The average molecular weight is 388 g/mol. The SMILES string of the molecule is Cl.Cl.O=c1cc(N2CCN(Cc3cc4n(n3)CCNC4)CC2)cn[nH]1. The second kappa shape index (κ2) is 8.66. The highest BCUT2D eigenvalue weighted by Crippen LogP contribution is 2.15. The second-order valence-electron chi connectivity index (χ2n) is 6.09. The molecule has 0 bridgehead atoms. The Kier molecular flexibility index (Phi) is 6.83. The number of hydrogen-bond acceptors (Lipinski definition) is 6. The van der Waals surface area contributed by atoms with E-state index in [1.165, 1.54) is 5.69 Å². The molecule has 4 rings (SSSR count). The lowest BCUT2D eigenvalue weighted by molar-refractivity contribution is 0.246. The van der Waals surface area contributed by atoms with Crippen molar-refractivity contribution >= 4 is 30.5 Å². The highest BCUT2D eigenvalue weighted by Gasteiger charge is 2.20. The number of piperazine rings is 1. The van der Waals surface area contributed by atoms with Crippen molar-refractivity contribution in [3.63, 3.8) is 0 Å². The van der Waals surface area contributed by atoms with Crippen molar-refractivity contribution < 1.29 is 0 Å². The second-order valence-corrected chi connectivity index (χ2v) is 6.09. The third-order valence-electron chi connectivity index (χ3n) is 4.49. The minimum atomic E-state index is -0.151. The zero-order chi connectivity index (χ0) is 15.6. The fraction of sp³-hybridized carbons (Fsp3) is 0.533. The van der Waals surface area contributed by atoms with Crippen LogP contribution in [0.25, 0.3) is 0 Å².